The lowest BCUT2D eigenvalue weighted by Crippen LogP contribution is -2.23. The van der Waals surface area contributed by atoms with Crippen molar-refractivity contribution in [3.63, 3.8) is 0 Å². The van der Waals surface area contributed by atoms with Crippen LogP contribution < -0.4 is 10.6 Å². The molecule has 0 saturated heterocycles. The number of nitrogens with two attached hydrogens (primary N) is 1. The molecule has 0 fully saturated rings. The normalized spacial score (nSPS) is 15.1. The van der Waals surface area contributed by atoms with Crippen molar-refractivity contribution >= 4 is 11.4 Å². The summed E-state index contributed by atoms with van der Waals surface area (Å²) in [6, 6.07) is 5.63. The molecule has 5 heteroatoms. The number of rotatable bonds is 3. The molecule has 0 spiro atoms. The summed E-state index contributed by atoms with van der Waals surface area (Å²) in [6.07, 6.45) is -3.75. The zero-order chi connectivity index (χ0) is 12.5. The first-order valence-corrected chi connectivity index (χ1v) is 5.66. The van der Waals surface area contributed by atoms with Gasteiger partial charge >= 0.3 is 6.18 Å². The number of fused-ring (bicyclic) bond motifs is 1. The summed E-state index contributed by atoms with van der Waals surface area (Å²) in [5.74, 6) is 0. The highest BCUT2D eigenvalue weighted by Crippen LogP contribution is 2.30. The summed E-state index contributed by atoms with van der Waals surface area (Å²) >= 11 is 0. The first-order valence-electron chi connectivity index (χ1n) is 5.66. The van der Waals surface area contributed by atoms with Crippen LogP contribution in [0.2, 0.25) is 0 Å². The number of nitrogens with zero attached hydrogens (tertiary/aromatic N) is 1. The van der Waals surface area contributed by atoms with Crippen LogP contribution >= 0.6 is 0 Å². The molecule has 1 aliphatic rings. The third-order valence-electron chi connectivity index (χ3n) is 2.99. The molecular formula is C12H15F3N2. The quantitative estimate of drug-likeness (QED) is 0.828. The predicted molar refractivity (Wildman–Crippen MR) is 62.1 cm³/mol. The highest BCUT2D eigenvalue weighted by Gasteiger charge is 2.27. The van der Waals surface area contributed by atoms with Gasteiger partial charge in [-0.05, 0) is 30.5 Å². The van der Waals surface area contributed by atoms with Crippen LogP contribution in [-0.4, -0.2) is 19.3 Å². The smallest absolute Gasteiger partial charge is 0.389 e. The highest BCUT2D eigenvalue weighted by atomic mass is 19.4. The van der Waals surface area contributed by atoms with Gasteiger partial charge in [0.15, 0.2) is 0 Å². The lowest BCUT2D eigenvalue weighted by atomic mass is 10.1. The van der Waals surface area contributed by atoms with Crippen LogP contribution in [0, 0.1) is 0 Å². The average Bonchev–Trinajstić information content (AvgIpc) is 2.59. The van der Waals surface area contributed by atoms with Crippen LogP contribution in [0.15, 0.2) is 18.2 Å². The molecule has 0 amide bonds. The summed E-state index contributed by atoms with van der Waals surface area (Å²) in [6.45, 7) is 1.23. The Bertz CT molecular complexity index is 401. The maximum absolute atomic E-state index is 12.1. The fraction of sp³-hybridized carbons (Fsp3) is 0.500. The van der Waals surface area contributed by atoms with Crippen molar-refractivity contribution in [1.29, 1.82) is 0 Å². The van der Waals surface area contributed by atoms with Crippen LogP contribution in [0.5, 0.6) is 0 Å². The Hall–Kier alpha value is -1.39. The predicted octanol–water partition coefficient (Wildman–Crippen LogP) is 2.97. The number of hydrogen-bond acceptors (Lipinski definition) is 2. The molecule has 0 aliphatic carbocycles. The zero-order valence-corrected chi connectivity index (χ0v) is 9.43. The second-order valence-corrected chi connectivity index (χ2v) is 4.34. The molecule has 0 atom stereocenters. The number of nitrogen functional groups attached to an aromatic ring is 1. The molecule has 1 aliphatic heterocycles. The first-order chi connectivity index (χ1) is 7.96. The fourth-order valence-electron chi connectivity index (χ4n) is 2.17. The number of halogens is 3. The second-order valence-electron chi connectivity index (χ2n) is 4.34. The Balaban J connectivity index is 1.95. The van der Waals surface area contributed by atoms with Crippen molar-refractivity contribution in [2.45, 2.75) is 25.4 Å². The molecule has 17 heavy (non-hydrogen) atoms. The molecule has 1 aromatic carbocycles. The van der Waals surface area contributed by atoms with E-state index in [-0.39, 0.29) is 6.42 Å². The van der Waals surface area contributed by atoms with Crippen molar-refractivity contribution in [3.05, 3.63) is 23.8 Å². The number of alkyl halides is 3. The molecule has 2 N–H and O–H groups in total. The van der Waals surface area contributed by atoms with Crippen LogP contribution in [0.1, 0.15) is 18.4 Å². The summed E-state index contributed by atoms with van der Waals surface area (Å²) < 4.78 is 36.2. The van der Waals surface area contributed by atoms with Gasteiger partial charge in [0.05, 0.1) is 0 Å². The molecule has 94 valence electrons. The van der Waals surface area contributed by atoms with E-state index in [1.807, 2.05) is 23.1 Å². The molecule has 0 aromatic heterocycles. The number of hydrogen-bond donors (Lipinski definition) is 1. The van der Waals surface area contributed by atoms with E-state index >= 15 is 0 Å². The van der Waals surface area contributed by atoms with Gasteiger partial charge in [-0.2, -0.15) is 13.2 Å². The monoisotopic (exact) mass is 244 g/mol. The molecule has 0 saturated carbocycles. The third-order valence-corrected chi connectivity index (χ3v) is 2.99. The van der Waals surface area contributed by atoms with Crippen molar-refractivity contribution in [1.82, 2.24) is 0 Å². The van der Waals surface area contributed by atoms with Crippen LogP contribution in [0.25, 0.3) is 0 Å². The third kappa shape index (κ3) is 3.05. The van der Waals surface area contributed by atoms with E-state index < -0.39 is 12.6 Å². The maximum Gasteiger partial charge on any atom is 0.389 e. The fourth-order valence-corrected chi connectivity index (χ4v) is 2.17. The van der Waals surface area contributed by atoms with Gasteiger partial charge in [0, 0.05) is 30.9 Å². The van der Waals surface area contributed by atoms with Crippen molar-refractivity contribution in [3.8, 4) is 0 Å². The molecule has 2 nitrogen and oxygen atoms in total. The highest BCUT2D eigenvalue weighted by molar-refractivity contribution is 5.64. The first kappa shape index (κ1) is 12.1. The van der Waals surface area contributed by atoms with Gasteiger partial charge in [0.2, 0.25) is 0 Å². The topological polar surface area (TPSA) is 29.3 Å². The van der Waals surface area contributed by atoms with E-state index in [2.05, 4.69) is 0 Å². The van der Waals surface area contributed by atoms with Crippen molar-refractivity contribution in [2.24, 2.45) is 0 Å². The van der Waals surface area contributed by atoms with E-state index in [1.54, 1.807) is 0 Å². The molecule has 1 aromatic rings. The Morgan fingerprint density at radius 3 is 2.76 bits per heavy atom. The minimum Gasteiger partial charge on any atom is -0.399 e. The van der Waals surface area contributed by atoms with E-state index in [0.29, 0.717) is 12.2 Å². The van der Waals surface area contributed by atoms with Crippen LogP contribution in [-0.2, 0) is 6.42 Å². The van der Waals surface area contributed by atoms with Gasteiger partial charge in [-0.1, -0.05) is 6.07 Å². The average molecular weight is 244 g/mol. The van der Waals surface area contributed by atoms with Gasteiger partial charge in [-0.25, -0.2) is 0 Å². The van der Waals surface area contributed by atoms with Crippen LogP contribution in [0.3, 0.4) is 0 Å². The number of benzene rings is 1. The zero-order valence-electron chi connectivity index (χ0n) is 9.43. The minimum atomic E-state index is -4.06. The SMILES string of the molecule is Nc1ccc2c(c1)N(CCCC(F)(F)F)CC2. The Morgan fingerprint density at radius 1 is 1.29 bits per heavy atom. The molecule has 0 radical (unpaired) electrons. The minimum absolute atomic E-state index is 0.137. The summed E-state index contributed by atoms with van der Waals surface area (Å²) in [5, 5.41) is 0. The van der Waals surface area contributed by atoms with Crippen molar-refractivity contribution < 1.29 is 13.2 Å². The van der Waals surface area contributed by atoms with E-state index in [9.17, 15) is 13.2 Å². The Labute approximate surface area is 98.2 Å². The second kappa shape index (κ2) is 4.47. The number of anilines is 2. The summed E-state index contributed by atoms with van der Waals surface area (Å²) in [4.78, 5) is 1.98. The summed E-state index contributed by atoms with van der Waals surface area (Å²) in [5.41, 5.74) is 8.51. The molecular weight excluding hydrogens is 229 g/mol. The molecule has 1 heterocycles. The van der Waals surface area contributed by atoms with Gasteiger partial charge in [0.25, 0.3) is 0 Å². The van der Waals surface area contributed by atoms with Gasteiger partial charge < -0.3 is 10.6 Å². The Kier molecular flexibility index (Phi) is 3.17. The lowest BCUT2D eigenvalue weighted by molar-refractivity contribution is -0.135. The van der Waals surface area contributed by atoms with Crippen LogP contribution in [0.4, 0.5) is 24.5 Å². The van der Waals surface area contributed by atoms with Crippen molar-refractivity contribution in [2.75, 3.05) is 23.7 Å². The van der Waals surface area contributed by atoms with E-state index in [4.69, 9.17) is 5.73 Å². The summed E-state index contributed by atoms with van der Waals surface area (Å²) in [7, 11) is 0. The van der Waals surface area contributed by atoms with Gasteiger partial charge in [-0.3, -0.25) is 0 Å². The van der Waals surface area contributed by atoms with Gasteiger partial charge in [0.1, 0.15) is 0 Å². The standard InChI is InChI=1S/C12H15F3N2/c13-12(14,15)5-1-6-17-7-4-9-2-3-10(16)8-11(9)17/h2-3,8H,1,4-7,16H2. The largest absolute Gasteiger partial charge is 0.399 e. The van der Waals surface area contributed by atoms with E-state index in [1.165, 1.54) is 5.56 Å². The Morgan fingerprint density at radius 2 is 2.06 bits per heavy atom. The molecule has 0 bridgehead atoms. The maximum atomic E-state index is 12.1. The lowest BCUT2D eigenvalue weighted by Gasteiger charge is -2.20. The molecule has 0 unspecified atom stereocenters. The van der Waals surface area contributed by atoms with Gasteiger partial charge in [-0.15, -0.1) is 0 Å². The van der Waals surface area contributed by atoms with E-state index in [0.717, 1.165) is 18.7 Å². The molecule has 2 rings (SSSR count).